The summed E-state index contributed by atoms with van der Waals surface area (Å²) >= 11 is 0. The van der Waals surface area contributed by atoms with E-state index in [0.29, 0.717) is 23.6 Å². The second-order valence-corrected chi connectivity index (χ2v) is 5.37. The monoisotopic (exact) mass is 309 g/mol. The van der Waals surface area contributed by atoms with Crippen LogP contribution in [-0.4, -0.2) is 44.7 Å². The fraction of sp³-hybridized carbons (Fsp3) is 0.467. The van der Waals surface area contributed by atoms with Crippen molar-refractivity contribution in [3.63, 3.8) is 0 Å². The third-order valence-electron chi connectivity index (χ3n) is 3.03. The van der Waals surface area contributed by atoms with Gasteiger partial charge in [0.2, 0.25) is 0 Å². The van der Waals surface area contributed by atoms with Crippen molar-refractivity contribution in [1.82, 2.24) is 10.6 Å². The lowest BCUT2D eigenvalue weighted by molar-refractivity contribution is -0.122. The molecule has 0 aromatic heterocycles. The molecule has 0 saturated heterocycles. The number of carbonyl (C=O) groups is 2. The Morgan fingerprint density at radius 1 is 1.27 bits per heavy atom. The number of benzene rings is 1. The Kier molecular flexibility index (Phi) is 6.18. The zero-order valence-electron chi connectivity index (χ0n) is 13.4. The van der Waals surface area contributed by atoms with Crippen LogP contribution in [0.4, 0.5) is 0 Å². The Labute approximate surface area is 130 Å². The van der Waals surface area contributed by atoms with Crippen LogP contribution in [-0.2, 0) is 4.79 Å². The summed E-state index contributed by atoms with van der Waals surface area (Å²) in [5.74, 6) is 0.253. The van der Waals surface area contributed by atoms with Crippen molar-refractivity contribution >= 4 is 11.8 Å². The molecule has 122 valence electrons. The number of hydrogen-bond donors (Lipinski definition) is 3. The van der Waals surface area contributed by atoms with E-state index in [-0.39, 0.29) is 18.4 Å². The van der Waals surface area contributed by atoms with E-state index in [4.69, 9.17) is 15.2 Å². The fourth-order valence-corrected chi connectivity index (χ4v) is 1.57. The minimum absolute atomic E-state index is 0.126. The van der Waals surface area contributed by atoms with Gasteiger partial charge in [-0.1, -0.05) is 0 Å². The van der Waals surface area contributed by atoms with E-state index in [1.54, 1.807) is 18.2 Å². The first-order valence-electron chi connectivity index (χ1n) is 6.87. The van der Waals surface area contributed by atoms with Gasteiger partial charge in [-0.15, -0.1) is 0 Å². The second kappa shape index (κ2) is 7.65. The summed E-state index contributed by atoms with van der Waals surface area (Å²) in [5, 5.41) is 5.28. The van der Waals surface area contributed by atoms with E-state index >= 15 is 0 Å². The standard InChI is InChI=1S/C15H23N3O4/c1-15(2,9-16)18-14(20)10-5-6-11(12(7-10)21-4)22-8-13(19)17-3/h5-7H,8-9,16H2,1-4H3,(H,17,19)(H,18,20). The van der Waals surface area contributed by atoms with E-state index < -0.39 is 5.54 Å². The van der Waals surface area contributed by atoms with E-state index in [9.17, 15) is 9.59 Å². The lowest BCUT2D eigenvalue weighted by Crippen LogP contribution is -2.48. The molecule has 0 fully saturated rings. The second-order valence-electron chi connectivity index (χ2n) is 5.37. The van der Waals surface area contributed by atoms with E-state index in [1.807, 2.05) is 13.8 Å². The van der Waals surface area contributed by atoms with Crippen LogP contribution < -0.4 is 25.8 Å². The molecule has 0 aliphatic carbocycles. The molecule has 7 nitrogen and oxygen atoms in total. The maximum Gasteiger partial charge on any atom is 0.257 e. The SMILES string of the molecule is CNC(=O)COc1ccc(C(=O)NC(C)(C)CN)cc1OC. The highest BCUT2D eigenvalue weighted by atomic mass is 16.5. The molecule has 0 unspecified atom stereocenters. The summed E-state index contributed by atoms with van der Waals surface area (Å²) in [6, 6.07) is 4.75. The van der Waals surface area contributed by atoms with Gasteiger partial charge in [0.25, 0.3) is 11.8 Å². The Hall–Kier alpha value is -2.28. The zero-order chi connectivity index (χ0) is 16.8. The molecule has 7 heteroatoms. The molecule has 1 rings (SSSR count). The molecule has 4 N–H and O–H groups in total. The number of methoxy groups -OCH3 is 1. The van der Waals surface area contributed by atoms with E-state index in [2.05, 4.69) is 10.6 Å². The Morgan fingerprint density at radius 2 is 1.95 bits per heavy atom. The van der Waals surface area contributed by atoms with Crippen molar-refractivity contribution in [3.05, 3.63) is 23.8 Å². The van der Waals surface area contributed by atoms with Crippen LogP contribution in [0.2, 0.25) is 0 Å². The summed E-state index contributed by atoms with van der Waals surface area (Å²) in [6.45, 7) is 3.87. The first kappa shape index (κ1) is 17.8. The molecule has 0 heterocycles. The van der Waals surface area contributed by atoms with Gasteiger partial charge < -0.3 is 25.8 Å². The normalized spacial score (nSPS) is 10.8. The fourth-order valence-electron chi connectivity index (χ4n) is 1.57. The summed E-state index contributed by atoms with van der Waals surface area (Å²) in [5.41, 5.74) is 5.52. The van der Waals surface area contributed by atoms with Crippen LogP contribution in [0.5, 0.6) is 11.5 Å². The van der Waals surface area contributed by atoms with Gasteiger partial charge in [-0.05, 0) is 32.0 Å². The van der Waals surface area contributed by atoms with Gasteiger partial charge in [0.05, 0.1) is 7.11 Å². The van der Waals surface area contributed by atoms with Gasteiger partial charge in [0.1, 0.15) is 0 Å². The number of carbonyl (C=O) groups excluding carboxylic acids is 2. The number of ether oxygens (including phenoxy) is 2. The minimum atomic E-state index is -0.501. The molecule has 1 aromatic carbocycles. The summed E-state index contributed by atoms with van der Waals surface area (Å²) in [6.07, 6.45) is 0. The van der Waals surface area contributed by atoms with E-state index in [1.165, 1.54) is 14.2 Å². The lowest BCUT2D eigenvalue weighted by Gasteiger charge is -2.24. The average molecular weight is 309 g/mol. The van der Waals surface area contributed by atoms with Crippen molar-refractivity contribution in [2.24, 2.45) is 5.73 Å². The van der Waals surface area contributed by atoms with Gasteiger partial charge in [-0.2, -0.15) is 0 Å². The molecule has 0 atom stereocenters. The molecular formula is C15H23N3O4. The number of hydrogen-bond acceptors (Lipinski definition) is 5. The number of rotatable bonds is 7. The maximum absolute atomic E-state index is 12.2. The Bertz CT molecular complexity index is 544. The minimum Gasteiger partial charge on any atom is -0.493 e. The van der Waals surface area contributed by atoms with Crippen LogP contribution in [0.1, 0.15) is 24.2 Å². The molecule has 0 aliphatic rings. The number of nitrogens with two attached hydrogens (primary N) is 1. The quantitative estimate of drug-likeness (QED) is 0.671. The summed E-state index contributed by atoms with van der Waals surface area (Å²) in [7, 11) is 2.99. The van der Waals surface area contributed by atoms with Crippen LogP contribution in [0.3, 0.4) is 0 Å². The van der Waals surface area contributed by atoms with Crippen molar-refractivity contribution in [1.29, 1.82) is 0 Å². The molecule has 0 bridgehead atoms. The number of amides is 2. The van der Waals surface area contributed by atoms with Crippen LogP contribution >= 0.6 is 0 Å². The predicted octanol–water partition coefficient (Wildman–Crippen LogP) is 0.287. The average Bonchev–Trinajstić information content (AvgIpc) is 2.51. The lowest BCUT2D eigenvalue weighted by atomic mass is 10.1. The molecule has 0 radical (unpaired) electrons. The van der Waals surface area contributed by atoms with Crippen LogP contribution in [0.25, 0.3) is 0 Å². The van der Waals surface area contributed by atoms with Gasteiger partial charge in [0.15, 0.2) is 18.1 Å². The first-order chi connectivity index (χ1) is 10.3. The van der Waals surface area contributed by atoms with Crippen molar-refractivity contribution in [2.75, 3.05) is 27.3 Å². The molecular weight excluding hydrogens is 286 g/mol. The van der Waals surface area contributed by atoms with Crippen molar-refractivity contribution in [2.45, 2.75) is 19.4 Å². The van der Waals surface area contributed by atoms with Crippen molar-refractivity contribution < 1.29 is 19.1 Å². The molecule has 1 aromatic rings. The summed E-state index contributed by atoms with van der Waals surface area (Å²) < 4.78 is 10.5. The highest BCUT2D eigenvalue weighted by Gasteiger charge is 2.20. The van der Waals surface area contributed by atoms with Gasteiger partial charge in [-0.25, -0.2) is 0 Å². The topological polar surface area (TPSA) is 103 Å². The molecule has 22 heavy (non-hydrogen) atoms. The van der Waals surface area contributed by atoms with Crippen LogP contribution in [0.15, 0.2) is 18.2 Å². The number of likely N-dealkylation sites (N-methyl/N-ethyl adjacent to an activating group) is 1. The van der Waals surface area contributed by atoms with E-state index in [0.717, 1.165) is 0 Å². The Balaban J connectivity index is 2.88. The zero-order valence-corrected chi connectivity index (χ0v) is 13.4. The van der Waals surface area contributed by atoms with Gasteiger partial charge in [0, 0.05) is 24.7 Å². The highest BCUT2D eigenvalue weighted by Crippen LogP contribution is 2.28. The summed E-state index contributed by atoms with van der Waals surface area (Å²) in [4.78, 5) is 23.4. The van der Waals surface area contributed by atoms with Gasteiger partial charge >= 0.3 is 0 Å². The maximum atomic E-state index is 12.2. The highest BCUT2D eigenvalue weighted by molar-refractivity contribution is 5.95. The largest absolute Gasteiger partial charge is 0.493 e. The first-order valence-corrected chi connectivity index (χ1v) is 6.87. The van der Waals surface area contributed by atoms with Gasteiger partial charge in [-0.3, -0.25) is 9.59 Å². The van der Waals surface area contributed by atoms with Crippen molar-refractivity contribution in [3.8, 4) is 11.5 Å². The number of nitrogens with one attached hydrogen (secondary N) is 2. The molecule has 0 saturated carbocycles. The van der Waals surface area contributed by atoms with Crippen LogP contribution in [0, 0.1) is 0 Å². The molecule has 2 amide bonds. The smallest absolute Gasteiger partial charge is 0.257 e. The third-order valence-corrected chi connectivity index (χ3v) is 3.03. The molecule has 0 aliphatic heterocycles. The third kappa shape index (κ3) is 4.92. The molecule has 0 spiro atoms. The Morgan fingerprint density at radius 3 is 2.50 bits per heavy atom. The predicted molar refractivity (Wildman–Crippen MR) is 83.2 cm³/mol.